The zero-order chi connectivity index (χ0) is 27.1. The van der Waals surface area contributed by atoms with Crippen molar-refractivity contribution in [1.82, 2.24) is 10.6 Å². The summed E-state index contributed by atoms with van der Waals surface area (Å²) in [5.74, 6) is -2.07. The molecule has 0 aromatic heterocycles. The van der Waals surface area contributed by atoms with Crippen molar-refractivity contribution in [3.05, 3.63) is 123 Å². The summed E-state index contributed by atoms with van der Waals surface area (Å²) in [4.78, 5) is 26.1. The lowest BCUT2D eigenvalue weighted by Gasteiger charge is -2.30. The summed E-state index contributed by atoms with van der Waals surface area (Å²) in [5.41, 5.74) is 3.59. The number of carbonyl (C=O) groups is 2. The van der Waals surface area contributed by atoms with Crippen LogP contribution in [-0.2, 0) is 16.1 Å². The molecule has 0 bridgehead atoms. The summed E-state index contributed by atoms with van der Waals surface area (Å²) < 4.78 is 15.1. The first-order valence-corrected chi connectivity index (χ1v) is 13.0. The predicted octanol–water partition coefficient (Wildman–Crippen LogP) is 5.52. The molecule has 0 spiro atoms. The number of benzene rings is 3. The Morgan fingerprint density at radius 2 is 1.68 bits per heavy atom. The summed E-state index contributed by atoms with van der Waals surface area (Å²) in [6.45, 7) is 3.98. The van der Waals surface area contributed by atoms with Crippen molar-refractivity contribution in [3.8, 4) is 6.07 Å². The molecule has 0 unspecified atom stereocenters. The maximum atomic E-state index is 15.1. The van der Waals surface area contributed by atoms with Crippen LogP contribution < -0.4 is 16.0 Å². The lowest BCUT2D eigenvalue weighted by molar-refractivity contribution is -0.118. The molecule has 0 aliphatic carbocycles. The Morgan fingerprint density at radius 1 is 1.00 bits per heavy atom. The maximum absolute atomic E-state index is 15.1. The zero-order valence-electron chi connectivity index (χ0n) is 21.0. The number of dihydropyridines is 1. The molecule has 8 heteroatoms. The van der Waals surface area contributed by atoms with Crippen molar-refractivity contribution in [2.45, 2.75) is 26.3 Å². The van der Waals surface area contributed by atoms with Gasteiger partial charge >= 0.3 is 0 Å². The van der Waals surface area contributed by atoms with Gasteiger partial charge in [0.1, 0.15) is 5.82 Å². The topological polar surface area (TPSA) is 94.0 Å². The standard InChI is InChI=1S/C30H27FN4O2S/c1-19-10-6-9-15-25(19)35-29(37)27-20(2)34-30(23(16-32)28(27)22-13-7-8-14-24(22)31)38-18-26(36)33-17-21-11-4-3-5-12-21/h3-15,28,34H,17-18H2,1-2H3,(H,33,36)(H,35,37)/t28-/m1/s1. The lowest BCUT2D eigenvalue weighted by atomic mass is 9.82. The number of carbonyl (C=O) groups excluding carboxylic acids is 2. The van der Waals surface area contributed by atoms with Gasteiger partial charge in [-0.15, -0.1) is 0 Å². The molecule has 1 aliphatic heterocycles. The average molecular weight is 527 g/mol. The van der Waals surface area contributed by atoms with Crippen molar-refractivity contribution < 1.29 is 14.0 Å². The van der Waals surface area contributed by atoms with Gasteiger partial charge in [0.05, 0.1) is 28.3 Å². The van der Waals surface area contributed by atoms with Crippen LogP contribution in [0.2, 0.25) is 0 Å². The number of nitrogens with one attached hydrogen (secondary N) is 3. The molecule has 1 heterocycles. The van der Waals surface area contributed by atoms with Crippen LogP contribution in [0.5, 0.6) is 0 Å². The Hall–Kier alpha value is -4.35. The highest BCUT2D eigenvalue weighted by molar-refractivity contribution is 8.03. The van der Waals surface area contributed by atoms with Crippen LogP contribution in [-0.4, -0.2) is 17.6 Å². The van der Waals surface area contributed by atoms with E-state index in [4.69, 9.17) is 0 Å². The fourth-order valence-electron chi connectivity index (χ4n) is 4.24. The Labute approximate surface area is 225 Å². The molecule has 192 valence electrons. The van der Waals surface area contributed by atoms with Gasteiger partial charge in [0, 0.05) is 29.1 Å². The third kappa shape index (κ3) is 6.13. The highest BCUT2D eigenvalue weighted by Gasteiger charge is 2.36. The summed E-state index contributed by atoms with van der Waals surface area (Å²) in [7, 11) is 0. The van der Waals surface area contributed by atoms with Gasteiger partial charge in [0.25, 0.3) is 5.91 Å². The van der Waals surface area contributed by atoms with Crippen LogP contribution in [0.4, 0.5) is 10.1 Å². The average Bonchev–Trinajstić information content (AvgIpc) is 2.92. The number of aryl methyl sites for hydroxylation is 1. The summed E-state index contributed by atoms with van der Waals surface area (Å²) in [6, 6.07) is 25.2. The molecule has 4 rings (SSSR count). The van der Waals surface area contributed by atoms with Gasteiger partial charge in [0.2, 0.25) is 5.91 Å². The van der Waals surface area contributed by atoms with Crippen molar-refractivity contribution >= 4 is 29.3 Å². The lowest BCUT2D eigenvalue weighted by Crippen LogP contribution is -2.32. The summed E-state index contributed by atoms with van der Waals surface area (Å²) >= 11 is 1.15. The van der Waals surface area contributed by atoms with Crippen LogP contribution >= 0.6 is 11.8 Å². The number of para-hydroxylation sites is 1. The van der Waals surface area contributed by atoms with Crippen LogP contribution in [0.25, 0.3) is 0 Å². The SMILES string of the molecule is CC1=C(C(=O)Nc2ccccc2C)[C@H](c2ccccc2F)C(C#N)=C(SCC(=O)NCc2ccccc2)N1. The molecule has 6 nitrogen and oxygen atoms in total. The van der Waals surface area contributed by atoms with E-state index in [-0.39, 0.29) is 28.4 Å². The molecule has 0 saturated heterocycles. The summed E-state index contributed by atoms with van der Waals surface area (Å²) in [5, 5.41) is 19.5. The van der Waals surface area contributed by atoms with E-state index in [1.807, 2.05) is 55.5 Å². The second-order valence-electron chi connectivity index (χ2n) is 8.79. The van der Waals surface area contributed by atoms with Crippen LogP contribution in [0, 0.1) is 24.1 Å². The number of halogens is 1. The number of amides is 2. The van der Waals surface area contributed by atoms with Gasteiger partial charge in [-0.2, -0.15) is 5.26 Å². The number of rotatable bonds is 8. The Morgan fingerprint density at radius 3 is 2.39 bits per heavy atom. The van der Waals surface area contributed by atoms with Crippen molar-refractivity contribution in [2.75, 3.05) is 11.1 Å². The van der Waals surface area contributed by atoms with E-state index in [1.54, 1.807) is 31.2 Å². The van der Waals surface area contributed by atoms with Gasteiger partial charge < -0.3 is 16.0 Å². The number of hydrogen-bond donors (Lipinski definition) is 3. The predicted molar refractivity (Wildman–Crippen MR) is 148 cm³/mol. The quantitative estimate of drug-likeness (QED) is 0.359. The minimum absolute atomic E-state index is 0.0440. The van der Waals surface area contributed by atoms with Gasteiger partial charge in [-0.3, -0.25) is 9.59 Å². The van der Waals surface area contributed by atoms with Crippen LogP contribution in [0.3, 0.4) is 0 Å². The van der Waals surface area contributed by atoms with E-state index < -0.39 is 17.6 Å². The van der Waals surface area contributed by atoms with E-state index in [0.717, 1.165) is 22.9 Å². The third-order valence-corrected chi connectivity index (χ3v) is 7.20. The first-order valence-electron chi connectivity index (χ1n) is 12.1. The number of hydrogen-bond acceptors (Lipinski definition) is 5. The van der Waals surface area contributed by atoms with Gasteiger partial charge in [0.15, 0.2) is 0 Å². The minimum Gasteiger partial charge on any atom is -0.353 e. The molecular formula is C30H27FN4O2S. The second kappa shape index (κ2) is 12.3. The van der Waals surface area contributed by atoms with Crippen molar-refractivity contribution in [2.24, 2.45) is 0 Å². The van der Waals surface area contributed by atoms with E-state index >= 15 is 4.39 Å². The monoisotopic (exact) mass is 526 g/mol. The molecule has 1 aliphatic rings. The third-order valence-electron chi connectivity index (χ3n) is 6.18. The number of nitrogens with zero attached hydrogens (tertiary/aromatic N) is 1. The Kier molecular flexibility index (Phi) is 8.62. The molecule has 0 radical (unpaired) electrons. The van der Waals surface area contributed by atoms with Crippen molar-refractivity contribution in [3.63, 3.8) is 0 Å². The van der Waals surface area contributed by atoms with E-state index in [2.05, 4.69) is 22.0 Å². The molecule has 3 N–H and O–H groups in total. The van der Waals surface area contributed by atoms with E-state index in [1.165, 1.54) is 6.07 Å². The minimum atomic E-state index is -0.943. The van der Waals surface area contributed by atoms with E-state index in [0.29, 0.717) is 23.0 Å². The number of nitriles is 1. The number of allylic oxidation sites excluding steroid dienone is 2. The smallest absolute Gasteiger partial charge is 0.254 e. The highest BCUT2D eigenvalue weighted by atomic mass is 32.2. The van der Waals surface area contributed by atoms with Gasteiger partial charge in [-0.05, 0) is 37.1 Å². The fraction of sp³-hybridized carbons (Fsp3) is 0.167. The largest absolute Gasteiger partial charge is 0.353 e. The van der Waals surface area contributed by atoms with Gasteiger partial charge in [-0.1, -0.05) is 78.5 Å². The molecule has 1 atom stereocenters. The fourth-order valence-corrected chi connectivity index (χ4v) is 5.16. The normalized spacial score (nSPS) is 14.9. The maximum Gasteiger partial charge on any atom is 0.254 e. The molecule has 2 amide bonds. The Bertz CT molecular complexity index is 1460. The number of anilines is 1. The van der Waals surface area contributed by atoms with Crippen molar-refractivity contribution in [1.29, 1.82) is 5.26 Å². The molecule has 3 aromatic rings. The molecule has 0 saturated carbocycles. The number of thioether (sulfide) groups is 1. The molecule has 0 fully saturated rings. The Balaban J connectivity index is 1.61. The first kappa shape index (κ1) is 26.7. The second-order valence-corrected chi connectivity index (χ2v) is 9.78. The van der Waals surface area contributed by atoms with E-state index in [9.17, 15) is 14.9 Å². The summed E-state index contributed by atoms with van der Waals surface area (Å²) in [6.07, 6.45) is 0. The first-order chi connectivity index (χ1) is 18.4. The highest BCUT2D eigenvalue weighted by Crippen LogP contribution is 2.41. The molecule has 38 heavy (non-hydrogen) atoms. The van der Waals surface area contributed by atoms with Crippen LogP contribution in [0.15, 0.2) is 101 Å². The molecular weight excluding hydrogens is 499 g/mol. The van der Waals surface area contributed by atoms with Gasteiger partial charge in [-0.25, -0.2) is 4.39 Å². The van der Waals surface area contributed by atoms with Crippen LogP contribution in [0.1, 0.15) is 29.5 Å². The zero-order valence-corrected chi connectivity index (χ0v) is 21.9. The molecule has 3 aromatic carbocycles.